The van der Waals surface area contributed by atoms with Crippen LogP contribution in [-0.4, -0.2) is 35.2 Å². The van der Waals surface area contributed by atoms with Gasteiger partial charge in [-0.2, -0.15) is 0 Å². The van der Waals surface area contributed by atoms with Gasteiger partial charge in [-0.3, -0.25) is 0 Å². The third-order valence-corrected chi connectivity index (χ3v) is 1.65. The van der Waals surface area contributed by atoms with Crippen molar-refractivity contribution in [3.8, 4) is 0 Å². The molecule has 0 aromatic rings. The van der Waals surface area contributed by atoms with E-state index in [0.29, 0.717) is 0 Å². The Morgan fingerprint density at radius 2 is 1.42 bits per heavy atom. The molecule has 0 saturated carbocycles. The molecular weight excluding hydrogens is 248 g/mol. The Bertz CT molecular complexity index is 373. The average Bonchev–Trinajstić information content (AvgIpc) is 2.07. The maximum Gasteiger partial charge on any atom is 0.356 e. The molecule has 0 spiro atoms. The maximum atomic E-state index is 11.9. The van der Waals surface area contributed by atoms with Crippen LogP contribution < -0.4 is 5.84 Å². The molecule has 0 aromatic carbocycles. The van der Waals surface area contributed by atoms with Gasteiger partial charge in [-0.25, -0.2) is 15.4 Å². The van der Waals surface area contributed by atoms with Crippen molar-refractivity contribution in [2.24, 2.45) is 5.84 Å². The lowest BCUT2D eigenvalue weighted by Gasteiger charge is -2.23. The van der Waals surface area contributed by atoms with Crippen LogP contribution in [0.4, 0.5) is 0 Å². The van der Waals surface area contributed by atoms with E-state index in [1.165, 1.54) is 7.05 Å². The van der Waals surface area contributed by atoms with Gasteiger partial charge in [-0.15, -0.1) is 0 Å². The molecule has 0 radical (unpaired) electrons. The van der Waals surface area contributed by atoms with Gasteiger partial charge in [0.05, 0.1) is 6.08 Å². The fourth-order valence-corrected chi connectivity index (χ4v) is 1.08. The van der Waals surface area contributed by atoms with Crippen molar-refractivity contribution in [1.82, 2.24) is 5.01 Å². The number of carbonyl (C=O) groups is 2. The second kappa shape index (κ2) is 6.06. The molecule has 0 saturated heterocycles. The highest BCUT2D eigenvalue weighted by Crippen LogP contribution is 2.13. The molecule has 0 fully saturated rings. The fraction of sp³-hybridized carbons (Fsp3) is 0.692. The largest absolute Gasteiger partial charge is 0.457 e. The summed E-state index contributed by atoms with van der Waals surface area (Å²) in [4.78, 5) is 23.5. The highest BCUT2D eigenvalue weighted by atomic mass is 16.6. The number of ether oxygens (including phenoxy) is 2. The molecule has 0 rings (SSSR count). The van der Waals surface area contributed by atoms with Gasteiger partial charge in [0.15, 0.2) is 0 Å². The second-order valence-corrected chi connectivity index (χ2v) is 6.18. The smallest absolute Gasteiger partial charge is 0.356 e. The van der Waals surface area contributed by atoms with Crippen molar-refractivity contribution >= 4 is 11.9 Å². The van der Waals surface area contributed by atoms with E-state index in [-0.39, 0.29) is 5.70 Å². The van der Waals surface area contributed by atoms with Crippen molar-refractivity contribution in [2.75, 3.05) is 7.05 Å². The minimum atomic E-state index is -0.677. The summed E-state index contributed by atoms with van der Waals surface area (Å²) in [6.07, 6.45) is 1.03. The topological polar surface area (TPSA) is 81.9 Å². The third-order valence-electron chi connectivity index (χ3n) is 1.65. The van der Waals surface area contributed by atoms with Crippen molar-refractivity contribution < 1.29 is 19.1 Å². The predicted molar refractivity (Wildman–Crippen MR) is 71.7 cm³/mol. The highest BCUT2D eigenvalue weighted by Gasteiger charge is 2.24. The zero-order valence-corrected chi connectivity index (χ0v) is 12.7. The summed E-state index contributed by atoms with van der Waals surface area (Å²) >= 11 is 0. The summed E-state index contributed by atoms with van der Waals surface area (Å²) < 4.78 is 10.2. The normalized spacial score (nSPS) is 12.9. The second-order valence-electron chi connectivity index (χ2n) is 6.18. The van der Waals surface area contributed by atoms with Crippen LogP contribution in [0.5, 0.6) is 0 Å². The Labute approximate surface area is 114 Å². The Balaban J connectivity index is 5.02. The number of nitrogens with zero attached hydrogens (tertiary/aromatic N) is 1. The lowest BCUT2D eigenvalue weighted by molar-refractivity contribution is -0.154. The molecule has 0 aromatic heterocycles. The molecule has 2 N–H and O–H groups in total. The zero-order valence-electron chi connectivity index (χ0n) is 12.7. The van der Waals surface area contributed by atoms with Gasteiger partial charge in [0.2, 0.25) is 0 Å². The highest BCUT2D eigenvalue weighted by molar-refractivity contribution is 5.96. The monoisotopic (exact) mass is 272 g/mol. The molecule has 0 amide bonds. The first-order valence-corrected chi connectivity index (χ1v) is 5.98. The predicted octanol–water partition coefficient (Wildman–Crippen LogP) is 1.36. The molecule has 19 heavy (non-hydrogen) atoms. The minimum absolute atomic E-state index is 0.0656. The molecule has 110 valence electrons. The van der Waals surface area contributed by atoms with E-state index in [1.54, 1.807) is 41.5 Å². The molecule has 6 nitrogen and oxygen atoms in total. The van der Waals surface area contributed by atoms with Crippen molar-refractivity contribution in [3.05, 3.63) is 11.8 Å². The number of nitrogens with two attached hydrogens (primary N) is 1. The summed E-state index contributed by atoms with van der Waals surface area (Å²) in [5.41, 5.74) is -1.37. The van der Waals surface area contributed by atoms with Gasteiger partial charge in [0.25, 0.3) is 0 Å². The van der Waals surface area contributed by atoms with Gasteiger partial charge in [0, 0.05) is 7.05 Å². The fourth-order valence-electron chi connectivity index (χ4n) is 1.08. The van der Waals surface area contributed by atoms with Crippen LogP contribution in [0, 0.1) is 0 Å². The number of hydrogen-bond acceptors (Lipinski definition) is 6. The molecule has 0 atom stereocenters. The Morgan fingerprint density at radius 3 is 1.74 bits per heavy atom. The SMILES string of the molecule is CN(N)/C(=C/C(=O)OC(C)(C)C)C(=O)OC(C)(C)C. The number of esters is 2. The van der Waals surface area contributed by atoms with E-state index in [9.17, 15) is 9.59 Å². The standard InChI is InChI=1S/C13H24N2O4/c1-12(2,3)18-10(16)8-9(15(7)14)11(17)19-13(4,5)6/h8H,14H2,1-7H3/b9-8+. The molecule has 0 aliphatic rings. The minimum Gasteiger partial charge on any atom is -0.457 e. The number of carbonyl (C=O) groups excluding carboxylic acids is 2. The third kappa shape index (κ3) is 8.20. The van der Waals surface area contributed by atoms with E-state index in [0.717, 1.165) is 11.1 Å². The van der Waals surface area contributed by atoms with E-state index in [2.05, 4.69) is 0 Å². The summed E-state index contributed by atoms with van der Waals surface area (Å²) in [6, 6.07) is 0. The average molecular weight is 272 g/mol. The van der Waals surface area contributed by atoms with Gasteiger partial charge < -0.3 is 14.5 Å². The van der Waals surface area contributed by atoms with Crippen LogP contribution in [-0.2, 0) is 19.1 Å². The molecule has 0 aliphatic heterocycles. The van der Waals surface area contributed by atoms with E-state index in [1.807, 2.05) is 0 Å². The first kappa shape index (κ1) is 17.4. The van der Waals surface area contributed by atoms with E-state index in [4.69, 9.17) is 15.3 Å². The van der Waals surface area contributed by atoms with Gasteiger partial charge in [-0.05, 0) is 41.5 Å². The maximum absolute atomic E-state index is 11.9. The number of likely N-dealkylation sites (N-methyl/N-ethyl adjacent to an activating group) is 1. The molecule has 0 bridgehead atoms. The summed E-state index contributed by atoms with van der Waals surface area (Å²) in [6.45, 7) is 10.4. The van der Waals surface area contributed by atoms with E-state index < -0.39 is 23.1 Å². The Morgan fingerprint density at radius 1 is 1.00 bits per heavy atom. The van der Waals surface area contributed by atoms with Crippen LogP contribution in [0.15, 0.2) is 11.8 Å². The van der Waals surface area contributed by atoms with Crippen molar-refractivity contribution in [1.29, 1.82) is 0 Å². The quantitative estimate of drug-likeness (QED) is 0.361. The van der Waals surface area contributed by atoms with Crippen LogP contribution >= 0.6 is 0 Å². The van der Waals surface area contributed by atoms with Crippen molar-refractivity contribution in [3.63, 3.8) is 0 Å². The molecule has 0 heterocycles. The summed E-state index contributed by atoms with van der Waals surface area (Å²) in [5.74, 6) is 4.20. The number of hydrogen-bond donors (Lipinski definition) is 1. The first-order valence-electron chi connectivity index (χ1n) is 5.98. The van der Waals surface area contributed by atoms with E-state index >= 15 is 0 Å². The van der Waals surface area contributed by atoms with Gasteiger partial charge >= 0.3 is 11.9 Å². The summed E-state index contributed by atoms with van der Waals surface area (Å²) in [5, 5.41) is 1.03. The Hall–Kier alpha value is -1.56. The Kier molecular flexibility index (Phi) is 5.56. The van der Waals surface area contributed by atoms with Crippen LogP contribution in [0.1, 0.15) is 41.5 Å². The first-order chi connectivity index (χ1) is 8.32. The van der Waals surface area contributed by atoms with Crippen molar-refractivity contribution in [2.45, 2.75) is 52.7 Å². The van der Waals surface area contributed by atoms with Crippen LogP contribution in [0.25, 0.3) is 0 Å². The number of hydrazine groups is 1. The lowest BCUT2D eigenvalue weighted by atomic mass is 10.2. The van der Waals surface area contributed by atoms with Gasteiger partial charge in [0.1, 0.15) is 16.9 Å². The molecule has 6 heteroatoms. The zero-order chi connectivity index (χ0) is 15.4. The molecular formula is C13H24N2O4. The van der Waals surface area contributed by atoms with Crippen LogP contribution in [0.2, 0.25) is 0 Å². The summed E-state index contributed by atoms with van der Waals surface area (Å²) in [7, 11) is 1.44. The van der Waals surface area contributed by atoms with Gasteiger partial charge in [-0.1, -0.05) is 0 Å². The van der Waals surface area contributed by atoms with Crippen LogP contribution in [0.3, 0.4) is 0 Å². The lowest BCUT2D eigenvalue weighted by Crippen LogP contribution is -2.35. The molecule has 0 unspecified atom stereocenters. The molecule has 0 aliphatic carbocycles. The number of rotatable bonds is 3.